The first kappa shape index (κ1) is 10.5. The van der Waals surface area contributed by atoms with Crippen LogP contribution >= 0.6 is 0 Å². The van der Waals surface area contributed by atoms with Crippen LogP contribution in [0.5, 0.6) is 0 Å². The molecule has 0 heterocycles. The second kappa shape index (κ2) is 4.57. The highest BCUT2D eigenvalue weighted by atomic mass is 16.1. The van der Waals surface area contributed by atoms with Gasteiger partial charge in [-0.25, -0.2) is 0 Å². The van der Waals surface area contributed by atoms with Crippen LogP contribution in [0.3, 0.4) is 0 Å². The Morgan fingerprint density at radius 3 is 2.64 bits per heavy atom. The van der Waals surface area contributed by atoms with Crippen LogP contribution < -0.4 is 0 Å². The predicted molar refractivity (Wildman–Crippen MR) is 55.2 cm³/mol. The van der Waals surface area contributed by atoms with Gasteiger partial charge in [-0.05, 0) is 18.1 Å². The van der Waals surface area contributed by atoms with Crippen molar-refractivity contribution < 1.29 is 4.79 Å². The largest absolute Gasteiger partial charge is 0.294 e. The molecule has 0 radical (unpaired) electrons. The molecule has 0 aliphatic heterocycles. The highest BCUT2D eigenvalue weighted by Crippen LogP contribution is 2.16. The maximum absolute atomic E-state index is 11.6. The van der Waals surface area contributed by atoms with E-state index in [1.54, 1.807) is 18.2 Å². The fourth-order valence-corrected chi connectivity index (χ4v) is 1.52. The van der Waals surface area contributed by atoms with Crippen LogP contribution in [0.4, 0.5) is 0 Å². The zero-order valence-corrected chi connectivity index (χ0v) is 8.50. The van der Waals surface area contributed by atoms with E-state index in [0.717, 1.165) is 12.0 Å². The quantitative estimate of drug-likeness (QED) is 0.682. The Morgan fingerprint density at radius 2 is 2.14 bits per heavy atom. The van der Waals surface area contributed by atoms with Crippen molar-refractivity contribution in [1.82, 2.24) is 0 Å². The van der Waals surface area contributed by atoms with Crippen molar-refractivity contribution in [2.24, 2.45) is 0 Å². The lowest BCUT2D eigenvalue weighted by atomic mass is 9.96. The molecule has 0 amide bonds. The van der Waals surface area contributed by atoms with Gasteiger partial charge in [0, 0.05) is 12.0 Å². The van der Waals surface area contributed by atoms with Crippen LogP contribution in [0.1, 0.15) is 41.8 Å². The van der Waals surface area contributed by atoms with Crippen LogP contribution in [0.25, 0.3) is 0 Å². The van der Waals surface area contributed by atoms with E-state index in [1.807, 2.05) is 13.8 Å². The zero-order valence-electron chi connectivity index (χ0n) is 8.50. The number of Topliss-reactive ketones (excluding diaryl/α,β-unsaturated/α-hetero) is 1. The van der Waals surface area contributed by atoms with Gasteiger partial charge in [-0.2, -0.15) is 5.26 Å². The molecule has 0 saturated heterocycles. The van der Waals surface area contributed by atoms with Gasteiger partial charge in [0.05, 0.1) is 11.6 Å². The summed E-state index contributed by atoms with van der Waals surface area (Å²) in [5.41, 5.74) is 2.20. The monoisotopic (exact) mass is 187 g/mol. The van der Waals surface area contributed by atoms with Crippen molar-refractivity contribution in [2.45, 2.75) is 26.7 Å². The molecule has 0 aromatic heterocycles. The minimum Gasteiger partial charge on any atom is -0.294 e. The van der Waals surface area contributed by atoms with Gasteiger partial charge in [0.25, 0.3) is 0 Å². The lowest BCUT2D eigenvalue weighted by Crippen LogP contribution is -2.03. The number of carbonyl (C=O) groups is 1. The maximum atomic E-state index is 11.6. The van der Waals surface area contributed by atoms with E-state index in [9.17, 15) is 4.79 Å². The summed E-state index contributed by atoms with van der Waals surface area (Å²) >= 11 is 0. The molecule has 0 saturated carbocycles. The SMILES string of the molecule is CCC(=O)c1cccc(C#N)c1CC. The Balaban J connectivity index is 3.31. The maximum Gasteiger partial charge on any atom is 0.162 e. The van der Waals surface area contributed by atoms with E-state index in [2.05, 4.69) is 6.07 Å². The average molecular weight is 187 g/mol. The number of nitriles is 1. The molecular formula is C12H13NO. The number of hydrogen-bond donors (Lipinski definition) is 0. The molecule has 0 bridgehead atoms. The third-order valence-corrected chi connectivity index (χ3v) is 2.27. The summed E-state index contributed by atoms with van der Waals surface area (Å²) < 4.78 is 0. The molecule has 0 unspecified atom stereocenters. The van der Waals surface area contributed by atoms with Gasteiger partial charge in [-0.15, -0.1) is 0 Å². The number of rotatable bonds is 3. The van der Waals surface area contributed by atoms with Gasteiger partial charge in [0.15, 0.2) is 5.78 Å². The number of hydrogen-bond acceptors (Lipinski definition) is 2. The molecule has 0 aliphatic carbocycles. The molecule has 0 fully saturated rings. The highest BCUT2D eigenvalue weighted by Gasteiger charge is 2.11. The van der Waals surface area contributed by atoms with Gasteiger partial charge in [-0.3, -0.25) is 4.79 Å². The highest BCUT2D eigenvalue weighted by molar-refractivity contribution is 5.97. The first-order valence-corrected chi connectivity index (χ1v) is 4.79. The predicted octanol–water partition coefficient (Wildman–Crippen LogP) is 2.71. The van der Waals surface area contributed by atoms with E-state index < -0.39 is 0 Å². The summed E-state index contributed by atoms with van der Waals surface area (Å²) in [6.45, 7) is 3.80. The normalized spacial score (nSPS) is 9.50. The van der Waals surface area contributed by atoms with Gasteiger partial charge in [-0.1, -0.05) is 26.0 Å². The van der Waals surface area contributed by atoms with Crippen LogP contribution in [0, 0.1) is 11.3 Å². The number of ketones is 1. The van der Waals surface area contributed by atoms with Gasteiger partial charge in [0.1, 0.15) is 0 Å². The molecule has 0 atom stereocenters. The zero-order chi connectivity index (χ0) is 10.6. The lowest BCUT2D eigenvalue weighted by Gasteiger charge is -2.06. The molecule has 1 aromatic carbocycles. The van der Waals surface area contributed by atoms with Crippen LogP contribution in [0.15, 0.2) is 18.2 Å². The molecule has 14 heavy (non-hydrogen) atoms. The average Bonchev–Trinajstić information content (AvgIpc) is 2.26. The van der Waals surface area contributed by atoms with E-state index in [0.29, 0.717) is 17.5 Å². The van der Waals surface area contributed by atoms with Crippen molar-refractivity contribution in [2.75, 3.05) is 0 Å². The van der Waals surface area contributed by atoms with E-state index >= 15 is 0 Å². The summed E-state index contributed by atoms with van der Waals surface area (Å²) in [4.78, 5) is 11.6. The Bertz CT molecular complexity index is 388. The first-order chi connectivity index (χ1) is 6.74. The number of carbonyl (C=O) groups excluding carboxylic acids is 1. The molecule has 1 rings (SSSR count). The third-order valence-electron chi connectivity index (χ3n) is 2.27. The molecule has 0 spiro atoms. The number of nitrogens with zero attached hydrogens (tertiary/aromatic N) is 1. The summed E-state index contributed by atoms with van der Waals surface area (Å²) in [5.74, 6) is 0.110. The summed E-state index contributed by atoms with van der Waals surface area (Å²) in [7, 11) is 0. The lowest BCUT2D eigenvalue weighted by molar-refractivity contribution is 0.0987. The Morgan fingerprint density at radius 1 is 1.43 bits per heavy atom. The standard InChI is InChI=1S/C12H13NO/c1-3-10-9(8-13)6-5-7-11(10)12(14)4-2/h5-7H,3-4H2,1-2H3. The summed E-state index contributed by atoms with van der Waals surface area (Å²) in [6, 6.07) is 7.43. The first-order valence-electron chi connectivity index (χ1n) is 4.79. The van der Waals surface area contributed by atoms with E-state index in [-0.39, 0.29) is 5.78 Å². The third kappa shape index (κ3) is 1.82. The number of benzene rings is 1. The second-order valence-electron chi connectivity index (χ2n) is 3.07. The second-order valence-corrected chi connectivity index (χ2v) is 3.07. The molecule has 0 aliphatic rings. The van der Waals surface area contributed by atoms with Crippen molar-refractivity contribution in [3.8, 4) is 6.07 Å². The molecule has 2 nitrogen and oxygen atoms in total. The van der Waals surface area contributed by atoms with E-state index in [4.69, 9.17) is 5.26 Å². The van der Waals surface area contributed by atoms with Gasteiger partial charge in [0.2, 0.25) is 0 Å². The van der Waals surface area contributed by atoms with E-state index in [1.165, 1.54) is 0 Å². The Labute approximate surface area is 84.2 Å². The molecule has 1 aromatic rings. The van der Waals surface area contributed by atoms with Crippen molar-refractivity contribution >= 4 is 5.78 Å². The van der Waals surface area contributed by atoms with Crippen molar-refractivity contribution in [3.63, 3.8) is 0 Å². The van der Waals surface area contributed by atoms with Crippen LogP contribution in [-0.4, -0.2) is 5.78 Å². The molecule has 2 heteroatoms. The van der Waals surface area contributed by atoms with Crippen LogP contribution in [-0.2, 0) is 6.42 Å². The topological polar surface area (TPSA) is 40.9 Å². The summed E-state index contributed by atoms with van der Waals surface area (Å²) in [5, 5.41) is 8.87. The fourth-order valence-electron chi connectivity index (χ4n) is 1.52. The minimum absolute atomic E-state index is 0.110. The molecular weight excluding hydrogens is 174 g/mol. The van der Waals surface area contributed by atoms with Gasteiger partial charge >= 0.3 is 0 Å². The molecule has 72 valence electrons. The molecule has 0 N–H and O–H groups in total. The van der Waals surface area contributed by atoms with Crippen LogP contribution in [0.2, 0.25) is 0 Å². The Hall–Kier alpha value is -1.62. The fraction of sp³-hybridized carbons (Fsp3) is 0.333. The van der Waals surface area contributed by atoms with Crippen molar-refractivity contribution in [3.05, 3.63) is 34.9 Å². The Kier molecular flexibility index (Phi) is 3.41. The van der Waals surface area contributed by atoms with Crippen molar-refractivity contribution in [1.29, 1.82) is 5.26 Å². The summed E-state index contributed by atoms with van der Waals surface area (Å²) in [6.07, 6.45) is 1.21. The van der Waals surface area contributed by atoms with Gasteiger partial charge < -0.3 is 0 Å². The smallest absolute Gasteiger partial charge is 0.162 e. The minimum atomic E-state index is 0.110.